The topological polar surface area (TPSA) is 0 Å². The van der Waals surface area contributed by atoms with Crippen LogP contribution in [0, 0.1) is 24.7 Å². The van der Waals surface area contributed by atoms with Crippen molar-refractivity contribution in [3.63, 3.8) is 0 Å². The van der Waals surface area contributed by atoms with Crippen LogP contribution in [0.2, 0.25) is 0 Å². The van der Waals surface area contributed by atoms with Gasteiger partial charge in [0.05, 0.1) is 0 Å². The molecule has 0 aromatic heterocycles. The third kappa shape index (κ3) is 10.3. The standard InChI is InChI=1S/C27H26P2.2C15H9.2Au/c1-27(2,28(23-15-7-3-8-16-23)24-17-9-4-10-18-24)29(25-19-11-5-12-20-25)26-21-13-6-14-22-26;2*1-2-11-7-8-15-13(9-11)10-12-5-3-4-6-14(12)15;;/h3-22H,1-2H3;2*3-9H,10H2;;/q;2*-1;2*+1/p+2. The number of benzene rings is 8. The van der Waals surface area contributed by atoms with Crippen LogP contribution in [0.3, 0.4) is 0 Å². The molecule has 0 bridgehead atoms. The second-order valence-corrected chi connectivity index (χ2v) is 22.3. The van der Waals surface area contributed by atoms with Gasteiger partial charge in [0.1, 0.15) is 37.1 Å². The third-order valence-electron chi connectivity index (χ3n) is 11.4. The summed E-state index contributed by atoms with van der Waals surface area (Å²) in [5, 5.41) is 5.96. The molecule has 8 aromatic rings. The van der Waals surface area contributed by atoms with Gasteiger partial charge >= 0.3 is 44.8 Å². The van der Waals surface area contributed by atoms with E-state index in [9.17, 15) is 0 Å². The molecule has 304 valence electrons. The second kappa shape index (κ2) is 21.3. The normalized spacial score (nSPS) is 11.3. The molecule has 61 heavy (non-hydrogen) atoms. The molecule has 0 aliphatic heterocycles. The van der Waals surface area contributed by atoms with Gasteiger partial charge in [-0.05, 0) is 94.8 Å². The summed E-state index contributed by atoms with van der Waals surface area (Å²) in [6.45, 7) is 5.02. The largest absolute Gasteiger partial charge is 1.00 e. The monoisotopic (exact) mass is 1190 g/mol. The van der Waals surface area contributed by atoms with Gasteiger partial charge in [-0.1, -0.05) is 145 Å². The van der Waals surface area contributed by atoms with Crippen LogP contribution in [0.25, 0.3) is 22.3 Å². The maximum atomic E-state index is 7.12. The van der Waals surface area contributed by atoms with Gasteiger partial charge in [-0.25, -0.2) is 0 Å². The Morgan fingerprint density at radius 3 is 0.951 bits per heavy atom. The molecule has 0 N–H and O–H groups in total. The number of fused-ring (bicyclic) bond motifs is 6. The summed E-state index contributed by atoms with van der Waals surface area (Å²) in [5.41, 5.74) is 12.4. The average Bonchev–Trinajstić information content (AvgIpc) is 3.86. The summed E-state index contributed by atoms with van der Waals surface area (Å²) < 4.78 is 0. The van der Waals surface area contributed by atoms with Crippen molar-refractivity contribution in [2.24, 2.45) is 0 Å². The molecule has 8 aromatic carbocycles. The van der Waals surface area contributed by atoms with E-state index in [1.165, 1.54) is 65.7 Å². The Morgan fingerprint density at radius 1 is 0.361 bits per heavy atom. The van der Waals surface area contributed by atoms with E-state index in [0.29, 0.717) is 0 Å². The minimum atomic E-state index is -1.02. The zero-order valence-electron chi connectivity index (χ0n) is 34.1. The van der Waals surface area contributed by atoms with Crippen molar-refractivity contribution in [1.29, 1.82) is 0 Å². The zero-order valence-corrected chi connectivity index (χ0v) is 40.5. The summed E-state index contributed by atoms with van der Waals surface area (Å²) in [5.74, 6) is 4.87. The van der Waals surface area contributed by atoms with E-state index in [1.807, 2.05) is 12.1 Å². The molecule has 4 heteroatoms. The van der Waals surface area contributed by atoms with Crippen molar-refractivity contribution in [2.75, 3.05) is 0 Å². The summed E-state index contributed by atoms with van der Waals surface area (Å²) in [6, 6.07) is 73.9. The second-order valence-electron chi connectivity index (χ2n) is 15.5. The molecule has 0 fully saturated rings. The van der Waals surface area contributed by atoms with Crippen molar-refractivity contribution in [3.8, 4) is 34.1 Å². The Morgan fingerprint density at radius 2 is 0.639 bits per heavy atom. The fraction of sp³-hybridized carbons (Fsp3) is 0.0877. The Bertz CT molecular complexity index is 2500. The molecule has 0 unspecified atom stereocenters. The van der Waals surface area contributed by atoms with Crippen LogP contribution in [-0.2, 0) is 57.6 Å². The van der Waals surface area contributed by atoms with Gasteiger partial charge in [0.25, 0.3) is 0 Å². The quantitative estimate of drug-likeness (QED) is 0.0674. The van der Waals surface area contributed by atoms with Crippen LogP contribution in [0.5, 0.6) is 0 Å². The van der Waals surface area contributed by atoms with Gasteiger partial charge in [-0.2, -0.15) is 0 Å². The summed E-state index contributed by atoms with van der Waals surface area (Å²) >= 11 is 0. The summed E-state index contributed by atoms with van der Waals surface area (Å²) in [4.78, 5) is 0.154. The molecule has 2 aliphatic rings. The van der Waals surface area contributed by atoms with Gasteiger partial charge < -0.3 is 12.8 Å². The predicted octanol–water partition coefficient (Wildman–Crippen LogP) is 11.8. The maximum Gasteiger partial charge on any atom is 1.00 e. The first-order valence-electron chi connectivity index (χ1n) is 20.2. The van der Waals surface area contributed by atoms with E-state index >= 15 is 0 Å². The number of hydrogen-bond acceptors (Lipinski definition) is 0. The van der Waals surface area contributed by atoms with E-state index < -0.39 is 15.8 Å². The van der Waals surface area contributed by atoms with E-state index in [0.717, 1.165) is 24.0 Å². The van der Waals surface area contributed by atoms with Crippen molar-refractivity contribution in [1.82, 2.24) is 0 Å². The minimum absolute atomic E-state index is 0. The van der Waals surface area contributed by atoms with Crippen LogP contribution in [-0.4, -0.2) is 4.90 Å². The van der Waals surface area contributed by atoms with Gasteiger partial charge in [0.15, 0.2) is 4.90 Å². The van der Waals surface area contributed by atoms with E-state index in [-0.39, 0.29) is 49.7 Å². The van der Waals surface area contributed by atoms with Crippen LogP contribution in [0.15, 0.2) is 206 Å². The first-order valence-corrected chi connectivity index (χ1v) is 23.2. The van der Waals surface area contributed by atoms with Crippen molar-refractivity contribution >= 4 is 37.1 Å². The molecule has 2 aliphatic carbocycles. The Kier molecular flexibility index (Phi) is 16.0. The third-order valence-corrected chi connectivity index (χ3v) is 19.0. The summed E-state index contributed by atoms with van der Waals surface area (Å²) in [6.07, 6.45) is 16.2. The fourth-order valence-corrected chi connectivity index (χ4v) is 17.2. The average molecular weight is 1190 g/mol. The number of rotatable bonds is 6. The van der Waals surface area contributed by atoms with E-state index in [1.54, 1.807) is 0 Å². The van der Waals surface area contributed by atoms with Gasteiger partial charge in [0, 0.05) is 13.8 Å². The Labute approximate surface area is 396 Å². The maximum absolute atomic E-state index is 7.12. The van der Waals surface area contributed by atoms with Crippen LogP contribution < -0.4 is 21.2 Å². The number of hydrogen-bond donors (Lipinski definition) is 0. The molecule has 0 spiro atoms. The summed E-state index contributed by atoms with van der Waals surface area (Å²) in [7, 11) is -2.05. The van der Waals surface area contributed by atoms with E-state index in [4.69, 9.17) is 12.8 Å². The molecule has 0 radical (unpaired) electrons. The SMILES string of the molecule is CC(C)([PH+](c1ccccc1)c1ccccc1)[PH+](c1ccccc1)c1ccccc1.[Au+].[Au+].[C-]#Cc1ccc2c(c1)Cc1ccccc1-2.[C-]#Cc1ccc2c(c1)Cc1ccccc1-2. The van der Waals surface area contributed by atoms with Gasteiger partial charge in [-0.3, -0.25) is 11.8 Å². The zero-order chi connectivity index (χ0) is 40.6. The van der Waals surface area contributed by atoms with Gasteiger partial charge in [0.2, 0.25) is 0 Å². The van der Waals surface area contributed by atoms with E-state index in [2.05, 4.69) is 220 Å². The molecule has 0 atom stereocenters. The first-order chi connectivity index (χ1) is 28.9. The molecular weight excluding hydrogens is 1140 g/mol. The van der Waals surface area contributed by atoms with Crippen molar-refractivity contribution < 1.29 is 44.8 Å². The van der Waals surface area contributed by atoms with Crippen molar-refractivity contribution in [3.05, 3.63) is 252 Å². The van der Waals surface area contributed by atoms with Crippen LogP contribution in [0.4, 0.5) is 0 Å². The van der Waals surface area contributed by atoms with Crippen LogP contribution in [0.1, 0.15) is 47.2 Å². The first kappa shape index (κ1) is 45.7. The Hall–Kier alpha value is -4.78. The minimum Gasteiger partial charge on any atom is -0.366 e. The molecule has 0 saturated heterocycles. The smallest absolute Gasteiger partial charge is 0.366 e. The van der Waals surface area contributed by atoms with Crippen molar-refractivity contribution in [2.45, 2.75) is 31.6 Å². The molecule has 0 saturated carbocycles. The van der Waals surface area contributed by atoms with Crippen LogP contribution >= 0.6 is 15.8 Å². The molecule has 0 heterocycles. The molecule has 10 rings (SSSR count). The predicted molar refractivity (Wildman–Crippen MR) is 257 cm³/mol. The molecule has 0 nitrogen and oxygen atoms in total. The molecule has 0 amide bonds. The Balaban J connectivity index is 0.000000164. The fourth-order valence-electron chi connectivity index (χ4n) is 8.77. The van der Waals surface area contributed by atoms with Gasteiger partial charge in [-0.15, -0.1) is 35.4 Å². The molecular formula is C57H46Au2P2+2.